The van der Waals surface area contributed by atoms with Crippen molar-refractivity contribution in [2.24, 2.45) is 0 Å². The van der Waals surface area contributed by atoms with Gasteiger partial charge < -0.3 is 20.6 Å². The van der Waals surface area contributed by atoms with Gasteiger partial charge in [0.05, 0.1) is 6.61 Å². The lowest BCUT2D eigenvalue weighted by Gasteiger charge is -2.32. The molecule has 0 aliphatic heterocycles. The average molecular weight is 625 g/mol. The monoisotopic (exact) mass is 624 g/mol. The molecule has 46 heavy (non-hydrogen) atoms. The van der Waals surface area contributed by atoms with Gasteiger partial charge in [0.1, 0.15) is 11.5 Å². The lowest BCUT2D eigenvalue weighted by Crippen LogP contribution is -2.38. The number of benzene rings is 4. The lowest BCUT2D eigenvalue weighted by atomic mass is 9.86. The van der Waals surface area contributed by atoms with Gasteiger partial charge in [-0.2, -0.15) is 0 Å². The highest BCUT2D eigenvalue weighted by molar-refractivity contribution is 5.44. The second kappa shape index (κ2) is 18.5. The Kier molecular flexibility index (Phi) is 14.8. The van der Waals surface area contributed by atoms with Gasteiger partial charge in [0.2, 0.25) is 0 Å². The van der Waals surface area contributed by atoms with E-state index in [2.05, 4.69) is 101 Å². The van der Waals surface area contributed by atoms with Crippen molar-refractivity contribution in [3.63, 3.8) is 0 Å². The zero-order valence-electron chi connectivity index (χ0n) is 28.9. The fourth-order valence-corrected chi connectivity index (χ4v) is 6.22. The number of aryl methyl sites for hydroxylation is 1. The number of nitrogens with zero attached hydrogens (tertiary/aromatic N) is 1. The van der Waals surface area contributed by atoms with Gasteiger partial charge in [-0.25, -0.2) is 0 Å². The Bertz CT molecular complexity index is 1430. The van der Waals surface area contributed by atoms with Crippen LogP contribution >= 0.6 is 0 Å². The van der Waals surface area contributed by atoms with Gasteiger partial charge >= 0.3 is 0 Å². The molecule has 0 saturated heterocycles. The van der Waals surface area contributed by atoms with Gasteiger partial charge in [-0.1, -0.05) is 98.3 Å². The molecule has 2 atom stereocenters. The summed E-state index contributed by atoms with van der Waals surface area (Å²) in [4.78, 5) is 2.48. The van der Waals surface area contributed by atoms with Crippen molar-refractivity contribution >= 4 is 0 Å². The van der Waals surface area contributed by atoms with Crippen LogP contribution in [0, 0.1) is 6.92 Å². The molecule has 0 bridgehead atoms. The maximum Gasteiger partial charge on any atom is 0.119 e. The van der Waals surface area contributed by atoms with E-state index in [1.807, 2.05) is 36.4 Å². The zero-order valence-corrected chi connectivity index (χ0v) is 28.9. The lowest BCUT2D eigenvalue weighted by molar-refractivity contribution is 0.170. The number of hydrogen-bond donors (Lipinski definition) is 4. The first kappa shape index (κ1) is 36.8. The maximum absolute atomic E-state index is 10.5. The summed E-state index contributed by atoms with van der Waals surface area (Å²) in [5.74, 6) is 1.01. The summed E-state index contributed by atoms with van der Waals surface area (Å²) in [5, 5.41) is 33.7. The smallest absolute Gasteiger partial charge is 0.119 e. The minimum atomic E-state index is -0.0150. The van der Waals surface area contributed by atoms with Crippen molar-refractivity contribution in [3.05, 3.63) is 130 Å². The first-order valence-electron chi connectivity index (χ1n) is 16.8. The standard InChI is InChI=1S/C22H31NO2.C19H25NO/c1-16(2)23(17(3)4)13-12-20(19-8-6-5-7-9-19)21-14-18(15-24)10-11-22(21)25;1-14(2)20-12-11-17(16-7-5-4-6-8-16)18-13-15(3)9-10-19(18)21/h5-11,14,16-17,20,24-25H,12-13,15H2,1-4H3;4-10,13-14,17,20-21H,11-12H2,1-3H3/t20-;17-/m11/s1. The molecule has 0 heterocycles. The molecule has 0 spiro atoms. The van der Waals surface area contributed by atoms with Gasteiger partial charge in [-0.05, 0) is 95.4 Å². The third kappa shape index (κ3) is 11.0. The molecule has 248 valence electrons. The molecule has 0 aromatic heterocycles. The van der Waals surface area contributed by atoms with Crippen LogP contribution in [0.25, 0.3) is 0 Å². The minimum Gasteiger partial charge on any atom is -0.508 e. The van der Waals surface area contributed by atoms with Crippen LogP contribution in [0.5, 0.6) is 11.5 Å². The molecule has 0 saturated carbocycles. The number of rotatable bonds is 14. The average Bonchev–Trinajstić information content (AvgIpc) is 3.04. The van der Waals surface area contributed by atoms with Crippen molar-refractivity contribution in [2.75, 3.05) is 13.1 Å². The first-order valence-corrected chi connectivity index (χ1v) is 16.8. The molecule has 0 unspecified atom stereocenters. The molecular weight excluding hydrogens is 568 g/mol. The van der Waals surface area contributed by atoms with Crippen LogP contribution in [-0.4, -0.2) is 51.4 Å². The van der Waals surface area contributed by atoms with Crippen molar-refractivity contribution < 1.29 is 15.3 Å². The maximum atomic E-state index is 10.5. The van der Waals surface area contributed by atoms with Gasteiger partial charge in [0.15, 0.2) is 0 Å². The van der Waals surface area contributed by atoms with E-state index in [4.69, 9.17) is 0 Å². The molecule has 0 aliphatic carbocycles. The third-order valence-corrected chi connectivity index (χ3v) is 8.60. The number of aliphatic hydroxyl groups is 1. The second-order valence-electron chi connectivity index (χ2n) is 13.2. The van der Waals surface area contributed by atoms with Crippen molar-refractivity contribution in [1.82, 2.24) is 10.2 Å². The highest BCUT2D eigenvalue weighted by Crippen LogP contribution is 2.36. The number of aromatic hydroxyl groups is 2. The Balaban J connectivity index is 0.000000254. The van der Waals surface area contributed by atoms with Gasteiger partial charge in [0.25, 0.3) is 0 Å². The van der Waals surface area contributed by atoms with Crippen LogP contribution in [0.2, 0.25) is 0 Å². The quantitative estimate of drug-likeness (QED) is 0.113. The van der Waals surface area contributed by atoms with E-state index in [1.165, 1.54) is 16.7 Å². The fraction of sp³-hybridized carbons (Fsp3) is 0.415. The summed E-state index contributed by atoms with van der Waals surface area (Å²) in [5.41, 5.74) is 6.38. The molecule has 5 heteroatoms. The summed E-state index contributed by atoms with van der Waals surface area (Å²) in [6, 6.07) is 33.5. The summed E-state index contributed by atoms with van der Waals surface area (Å²) in [6.07, 6.45) is 1.89. The zero-order chi connectivity index (χ0) is 33.6. The van der Waals surface area contributed by atoms with E-state index < -0.39 is 0 Å². The summed E-state index contributed by atoms with van der Waals surface area (Å²) in [6.45, 7) is 17.1. The van der Waals surface area contributed by atoms with Crippen LogP contribution in [0.3, 0.4) is 0 Å². The van der Waals surface area contributed by atoms with Gasteiger partial charge in [-0.3, -0.25) is 4.90 Å². The highest BCUT2D eigenvalue weighted by atomic mass is 16.3. The Hall–Kier alpha value is -3.64. The van der Waals surface area contributed by atoms with Crippen LogP contribution in [0.1, 0.15) is 99.6 Å². The van der Waals surface area contributed by atoms with E-state index in [-0.39, 0.29) is 18.4 Å². The minimum absolute atomic E-state index is 0.0150. The Labute approximate surface area is 278 Å². The highest BCUT2D eigenvalue weighted by Gasteiger charge is 2.22. The fourth-order valence-electron chi connectivity index (χ4n) is 6.22. The largest absolute Gasteiger partial charge is 0.508 e. The summed E-state index contributed by atoms with van der Waals surface area (Å²) in [7, 11) is 0. The van der Waals surface area contributed by atoms with E-state index in [0.717, 1.165) is 42.6 Å². The van der Waals surface area contributed by atoms with Crippen molar-refractivity contribution in [3.8, 4) is 11.5 Å². The SMILES string of the molecule is CC(C)N(CC[C@H](c1ccccc1)c1cc(CO)ccc1O)C(C)C.Cc1ccc(O)c([C@H](CCNC(C)C)c2ccccc2)c1. The van der Waals surface area contributed by atoms with Crippen molar-refractivity contribution in [2.45, 2.75) is 97.9 Å². The number of phenolic OH excluding ortho intramolecular Hbond substituents is 2. The molecule has 4 aromatic rings. The topological polar surface area (TPSA) is 76.0 Å². The number of phenols is 2. The number of hydrogen-bond acceptors (Lipinski definition) is 5. The molecule has 0 fully saturated rings. The second-order valence-corrected chi connectivity index (χ2v) is 13.2. The van der Waals surface area contributed by atoms with Crippen LogP contribution in [0.15, 0.2) is 97.1 Å². The van der Waals surface area contributed by atoms with E-state index in [1.54, 1.807) is 18.2 Å². The summed E-state index contributed by atoms with van der Waals surface area (Å²) < 4.78 is 0. The normalized spacial score (nSPS) is 12.8. The third-order valence-electron chi connectivity index (χ3n) is 8.60. The Morgan fingerprint density at radius 3 is 1.63 bits per heavy atom. The van der Waals surface area contributed by atoms with Gasteiger partial charge in [-0.15, -0.1) is 0 Å². The molecule has 4 rings (SSSR count). The van der Waals surface area contributed by atoms with Crippen molar-refractivity contribution in [1.29, 1.82) is 0 Å². The first-order chi connectivity index (χ1) is 22.0. The van der Waals surface area contributed by atoms with E-state index in [0.29, 0.717) is 29.6 Å². The molecular formula is C41H56N2O3. The van der Waals surface area contributed by atoms with E-state index in [9.17, 15) is 15.3 Å². The van der Waals surface area contributed by atoms with Crippen LogP contribution in [0.4, 0.5) is 0 Å². The molecule has 0 aliphatic rings. The molecule has 4 aromatic carbocycles. The molecule has 4 N–H and O–H groups in total. The summed E-state index contributed by atoms with van der Waals surface area (Å²) >= 11 is 0. The molecule has 0 amide bonds. The van der Waals surface area contributed by atoms with Gasteiger partial charge in [0, 0.05) is 41.1 Å². The Morgan fingerprint density at radius 1 is 0.630 bits per heavy atom. The number of aliphatic hydroxyl groups excluding tert-OH is 1. The van der Waals surface area contributed by atoms with Crippen LogP contribution < -0.4 is 5.32 Å². The number of nitrogens with one attached hydrogen (secondary N) is 1. The van der Waals surface area contributed by atoms with E-state index >= 15 is 0 Å². The molecule has 5 nitrogen and oxygen atoms in total. The Morgan fingerprint density at radius 2 is 1.13 bits per heavy atom. The predicted molar refractivity (Wildman–Crippen MR) is 193 cm³/mol. The van der Waals surface area contributed by atoms with Crippen LogP contribution in [-0.2, 0) is 6.61 Å². The predicted octanol–water partition coefficient (Wildman–Crippen LogP) is 8.75. The molecule has 0 radical (unpaired) electrons.